The van der Waals surface area contributed by atoms with Crippen LogP contribution in [0, 0.1) is 0 Å². The second-order valence-corrected chi connectivity index (χ2v) is 8.04. The normalized spacial score (nSPS) is 29.1. The van der Waals surface area contributed by atoms with Crippen molar-refractivity contribution >= 4 is 17.8 Å². The molecule has 0 aromatic rings. The van der Waals surface area contributed by atoms with Crippen LogP contribution in [0.2, 0.25) is 0 Å². The Kier molecular flexibility index (Phi) is 11.9. The van der Waals surface area contributed by atoms with E-state index in [1.807, 2.05) is 0 Å². The molecule has 1 saturated heterocycles. The maximum Gasteiger partial charge on any atom is 0.375 e. The quantitative estimate of drug-likeness (QED) is 0.0840. The van der Waals surface area contributed by atoms with E-state index < -0.39 is 66.9 Å². The molecule has 11 nitrogen and oxygen atoms in total. The molecule has 0 aromatic carbocycles. The lowest BCUT2D eigenvalue weighted by Gasteiger charge is -2.46. The van der Waals surface area contributed by atoms with Gasteiger partial charge >= 0.3 is 11.8 Å². The zero-order valence-corrected chi connectivity index (χ0v) is 19.0. The highest BCUT2D eigenvalue weighted by atomic mass is 19.2. The van der Waals surface area contributed by atoms with E-state index >= 15 is 8.78 Å². The summed E-state index contributed by atoms with van der Waals surface area (Å²) in [6.45, 7) is 1.95. The molecule has 1 aliphatic heterocycles. The van der Waals surface area contributed by atoms with Crippen molar-refractivity contribution in [3.8, 4) is 0 Å². The fourth-order valence-electron chi connectivity index (χ4n) is 3.57. The number of rotatable bonds is 13. The van der Waals surface area contributed by atoms with Crippen molar-refractivity contribution < 1.29 is 43.2 Å². The summed E-state index contributed by atoms with van der Waals surface area (Å²) in [4.78, 5) is 27.7. The number of ether oxygens (including phenoxy) is 2. The van der Waals surface area contributed by atoms with Gasteiger partial charge < -0.3 is 41.6 Å². The SMILES string of the molecule is CCCCCCCCOC(=O)[C@]1(F)O[C@@H]([C@@H](O)[C@@H](O)CO)[C@H](NC(C)=O)[C@@H](N=C(N)N)[C@H]1F. The van der Waals surface area contributed by atoms with Crippen molar-refractivity contribution in [2.24, 2.45) is 16.5 Å². The Labute approximate surface area is 191 Å². The van der Waals surface area contributed by atoms with Gasteiger partial charge in [0.2, 0.25) is 5.91 Å². The van der Waals surface area contributed by atoms with Crippen LogP contribution in [0.15, 0.2) is 4.99 Å². The van der Waals surface area contributed by atoms with Crippen LogP contribution in [0.1, 0.15) is 52.4 Å². The topological polar surface area (TPSA) is 190 Å². The van der Waals surface area contributed by atoms with Crippen molar-refractivity contribution in [1.82, 2.24) is 5.32 Å². The van der Waals surface area contributed by atoms with E-state index in [-0.39, 0.29) is 6.61 Å². The number of carbonyl (C=O) groups excluding carboxylic acids is 2. The van der Waals surface area contributed by atoms with Crippen molar-refractivity contribution in [1.29, 1.82) is 0 Å². The third-order valence-electron chi connectivity index (χ3n) is 5.28. The van der Waals surface area contributed by atoms with Gasteiger partial charge in [-0.2, -0.15) is 4.39 Å². The second-order valence-electron chi connectivity index (χ2n) is 8.04. The third-order valence-corrected chi connectivity index (χ3v) is 5.28. The van der Waals surface area contributed by atoms with Gasteiger partial charge in [0.25, 0.3) is 0 Å². The number of unbranched alkanes of at least 4 members (excludes halogenated alkanes) is 5. The molecule has 0 bridgehead atoms. The molecule has 1 heterocycles. The molecule has 0 spiro atoms. The van der Waals surface area contributed by atoms with Crippen LogP contribution in [0.4, 0.5) is 8.78 Å². The fraction of sp³-hybridized carbons (Fsp3) is 0.850. The lowest BCUT2D eigenvalue weighted by Crippen LogP contribution is -2.71. The number of hydrogen-bond donors (Lipinski definition) is 6. The summed E-state index contributed by atoms with van der Waals surface area (Å²) in [5, 5.41) is 31.6. The van der Waals surface area contributed by atoms with Gasteiger partial charge in [-0.05, 0) is 6.42 Å². The first-order valence-corrected chi connectivity index (χ1v) is 11.0. The van der Waals surface area contributed by atoms with Gasteiger partial charge in [-0.1, -0.05) is 39.0 Å². The van der Waals surface area contributed by atoms with Gasteiger partial charge in [-0.15, -0.1) is 0 Å². The van der Waals surface area contributed by atoms with Crippen molar-refractivity contribution in [2.75, 3.05) is 13.2 Å². The first-order valence-electron chi connectivity index (χ1n) is 11.0. The fourth-order valence-corrected chi connectivity index (χ4v) is 3.57. The average molecular weight is 483 g/mol. The Morgan fingerprint density at radius 3 is 2.36 bits per heavy atom. The molecule has 7 atom stereocenters. The monoisotopic (exact) mass is 482 g/mol. The maximum absolute atomic E-state index is 15.6. The van der Waals surface area contributed by atoms with Gasteiger partial charge in [-0.25, -0.2) is 14.2 Å². The van der Waals surface area contributed by atoms with Crippen molar-refractivity contribution in [3.63, 3.8) is 0 Å². The van der Waals surface area contributed by atoms with Crippen molar-refractivity contribution in [2.45, 2.75) is 94.8 Å². The summed E-state index contributed by atoms with van der Waals surface area (Å²) in [5.41, 5.74) is 10.6. The van der Waals surface area contributed by atoms with E-state index in [0.717, 1.165) is 39.0 Å². The number of nitrogens with two attached hydrogens (primary N) is 2. The molecule has 8 N–H and O–H groups in total. The zero-order chi connectivity index (χ0) is 25.2. The number of amides is 1. The number of guanidine groups is 1. The predicted molar refractivity (Wildman–Crippen MR) is 114 cm³/mol. The lowest BCUT2D eigenvalue weighted by molar-refractivity contribution is -0.278. The zero-order valence-electron chi connectivity index (χ0n) is 19.0. The molecule has 0 unspecified atom stereocenters. The highest BCUT2D eigenvalue weighted by molar-refractivity contribution is 5.80. The van der Waals surface area contributed by atoms with E-state index in [2.05, 4.69) is 17.2 Å². The average Bonchev–Trinajstić information content (AvgIpc) is 2.76. The molecule has 1 aliphatic rings. The van der Waals surface area contributed by atoms with Gasteiger partial charge in [0.1, 0.15) is 24.4 Å². The maximum atomic E-state index is 15.6. The summed E-state index contributed by atoms with van der Waals surface area (Å²) in [6, 6.07) is -3.50. The summed E-state index contributed by atoms with van der Waals surface area (Å²) in [6.07, 6.45) is -3.49. The summed E-state index contributed by atoms with van der Waals surface area (Å²) in [5.74, 6) is -6.86. The molecule has 1 fully saturated rings. The number of aliphatic imine (C=N–C) groups is 1. The van der Waals surface area contributed by atoms with Crippen molar-refractivity contribution in [3.05, 3.63) is 0 Å². The number of carbonyl (C=O) groups is 2. The number of halogens is 2. The minimum absolute atomic E-state index is 0.193. The Morgan fingerprint density at radius 2 is 1.82 bits per heavy atom. The number of esters is 1. The number of alkyl halides is 2. The summed E-state index contributed by atoms with van der Waals surface area (Å²) >= 11 is 0. The molecule has 13 heteroatoms. The van der Waals surface area contributed by atoms with Gasteiger partial charge in [-0.3, -0.25) is 4.79 Å². The molecule has 0 aliphatic carbocycles. The van der Waals surface area contributed by atoms with Crippen LogP contribution in [0.3, 0.4) is 0 Å². The van der Waals surface area contributed by atoms with E-state index in [0.29, 0.717) is 6.42 Å². The van der Waals surface area contributed by atoms with E-state index in [1.54, 1.807) is 0 Å². The summed E-state index contributed by atoms with van der Waals surface area (Å²) < 4.78 is 40.8. The third kappa shape index (κ3) is 8.02. The van der Waals surface area contributed by atoms with Gasteiger partial charge in [0.05, 0.1) is 19.3 Å². The van der Waals surface area contributed by atoms with Gasteiger partial charge in [0, 0.05) is 6.92 Å². The second kappa shape index (κ2) is 13.6. The molecule has 1 amide bonds. The first kappa shape index (κ1) is 28.9. The Balaban J connectivity index is 3.12. The minimum atomic E-state index is -3.75. The first-order chi connectivity index (χ1) is 15.5. The van der Waals surface area contributed by atoms with E-state index in [1.165, 1.54) is 0 Å². The van der Waals surface area contributed by atoms with Crippen LogP contribution in [0.5, 0.6) is 0 Å². The van der Waals surface area contributed by atoms with E-state index in [4.69, 9.17) is 26.0 Å². The van der Waals surface area contributed by atoms with Crippen LogP contribution in [-0.2, 0) is 19.1 Å². The number of nitrogens with one attached hydrogen (secondary N) is 1. The predicted octanol–water partition coefficient (Wildman–Crippen LogP) is -0.846. The Hall–Kier alpha value is -2.09. The molecular formula is C20H36F2N4O7. The molecule has 33 heavy (non-hydrogen) atoms. The molecule has 1 rings (SSSR count). The van der Waals surface area contributed by atoms with Crippen LogP contribution in [-0.4, -0.2) is 88.8 Å². The number of aliphatic hydroxyl groups is 3. The Morgan fingerprint density at radius 1 is 1.21 bits per heavy atom. The summed E-state index contributed by atoms with van der Waals surface area (Å²) in [7, 11) is 0. The molecule has 0 saturated carbocycles. The Bertz CT molecular complexity index is 668. The van der Waals surface area contributed by atoms with Crippen LogP contribution < -0.4 is 16.8 Å². The largest absolute Gasteiger partial charge is 0.461 e. The van der Waals surface area contributed by atoms with E-state index in [9.17, 15) is 19.8 Å². The highest BCUT2D eigenvalue weighted by Gasteiger charge is 2.63. The smallest absolute Gasteiger partial charge is 0.375 e. The molecule has 0 aromatic heterocycles. The van der Waals surface area contributed by atoms with Crippen LogP contribution >= 0.6 is 0 Å². The molecule has 0 radical (unpaired) electrons. The molecule has 192 valence electrons. The molecular weight excluding hydrogens is 446 g/mol. The number of nitrogens with zero attached hydrogens (tertiary/aromatic N) is 1. The van der Waals surface area contributed by atoms with Gasteiger partial charge in [0.15, 0.2) is 12.1 Å². The highest BCUT2D eigenvalue weighted by Crippen LogP contribution is 2.38. The number of aliphatic hydroxyl groups excluding tert-OH is 3. The lowest BCUT2D eigenvalue weighted by atomic mass is 9.86. The number of hydrogen-bond acceptors (Lipinski definition) is 8. The van der Waals surface area contributed by atoms with Crippen LogP contribution in [0.25, 0.3) is 0 Å². The minimum Gasteiger partial charge on any atom is -0.461 e. The standard InChI is InChI=1S/C20H36F2N4O7/c1-3-4-5-6-7-8-9-32-18(31)20(22)17(21)14(26-19(23)24)13(25-11(2)28)16(33-20)15(30)12(29)10-27/h12-17,27,29-30H,3-10H2,1-2H3,(H,25,28)(H4,23,24,26)/t12-,13+,14+,15-,16+,17+,20+/m0/s1.